The molecule has 2 aromatic rings. The Labute approximate surface area is 187 Å². The SMILES string of the molecule is CC(C)CN1C(=S)c2ccc3c4c(ccc(c24)C1=S)C(=S)N(CC(C)C)C3=S. The minimum Gasteiger partial charge on any atom is -0.322 e. The molecule has 6 heteroatoms. The predicted molar refractivity (Wildman–Crippen MR) is 134 cm³/mol. The van der Waals surface area contributed by atoms with Crippen molar-refractivity contribution in [3.63, 3.8) is 0 Å². The van der Waals surface area contributed by atoms with Crippen molar-refractivity contribution in [1.29, 1.82) is 0 Å². The van der Waals surface area contributed by atoms with Crippen molar-refractivity contribution in [3.8, 4) is 0 Å². The molecule has 0 amide bonds. The number of thiocarbonyl (C=S) groups is 4. The smallest absolute Gasteiger partial charge is 0.114 e. The Morgan fingerprint density at radius 1 is 0.571 bits per heavy atom. The van der Waals surface area contributed by atoms with E-state index in [9.17, 15) is 0 Å². The van der Waals surface area contributed by atoms with Crippen LogP contribution in [0, 0.1) is 11.8 Å². The molecule has 0 spiro atoms. The van der Waals surface area contributed by atoms with E-state index in [0.717, 1.165) is 66.1 Å². The van der Waals surface area contributed by atoms with Crippen LogP contribution in [0.5, 0.6) is 0 Å². The van der Waals surface area contributed by atoms with Gasteiger partial charge in [0.2, 0.25) is 0 Å². The lowest BCUT2D eigenvalue weighted by atomic mass is 9.86. The van der Waals surface area contributed by atoms with Crippen molar-refractivity contribution >= 4 is 79.6 Å². The molecule has 0 saturated carbocycles. The molecule has 0 bridgehead atoms. The van der Waals surface area contributed by atoms with Crippen molar-refractivity contribution in [2.24, 2.45) is 11.8 Å². The van der Waals surface area contributed by atoms with Crippen LogP contribution in [0.4, 0.5) is 0 Å². The Bertz CT molecular complexity index is 913. The molecular weight excluding hydrogens is 421 g/mol. The van der Waals surface area contributed by atoms with E-state index in [1.807, 2.05) is 0 Å². The monoisotopic (exact) mass is 442 g/mol. The Balaban J connectivity index is 1.96. The molecule has 0 fully saturated rings. The summed E-state index contributed by atoms with van der Waals surface area (Å²) in [6.45, 7) is 10.4. The highest BCUT2D eigenvalue weighted by atomic mass is 32.1. The Hall–Kier alpha value is -1.34. The molecule has 2 aliphatic heterocycles. The normalized spacial score (nSPS) is 16.2. The first-order valence-corrected chi connectivity index (χ1v) is 11.2. The van der Waals surface area contributed by atoms with Crippen molar-refractivity contribution in [3.05, 3.63) is 46.5 Å². The third-order valence-corrected chi connectivity index (χ3v) is 6.92. The van der Waals surface area contributed by atoms with Crippen LogP contribution in [-0.2, 0) is 0 Å². The minimum atomic E-state index is 0.468. The van der Waals surface area contributed by atoms with Gasteiger partial charge in [0, 0.05) is 46.1 Å². The molecular formula is C22H22N2S4. The maximum Gasteiger partial charge on any atom is 0.114 e. The number of benzene rings is 2. The maximum atomic E-state index is 5.85. The zero-order valence-electron chi connectivity index (χ0n) is 16.4. The number of rotatable bonds is 4. The van der Waals surface area contributed by atoms with Crippen LogP contribution in [-0.4, -0.2) is 42.8 Å². The lowest BCUT2D eigenvalue weighted by molar-refractivity contribution is 0.498. The second-order valence-corrected chi connectivity index (χ2v) is 9.85. The summed E-state index contributed by atoms with van der Waals surface area (Å²) in [5.41, 5.74) is 4.23. The summed E-state index contributed by atoms with van der Waals surface area (Å²) in [4.78, 5) is 7.40. The van der Waals surface area contributed by atoms with Crippen molar-refractivity contribution in [1.82, 2.24) is 9.80 Å². The standard InChI is InChI=1S/C22H22N2S4/c1-11(2)9-23-19(25)13-5-7-15-18-16(8-6-14(17(13)18)20(23)26)22(28)24(21(15)27)10-12(3)4/h5-8,11-12H,9-10H2,1-4H3. The third kappa shape index (κ3) is 2.93. The van der Waals surface area contributed by atoms with Gasteiger partial charge in [0.1, 0.15) is 20.0 Å². The highest BCUT2D eigenvalue weighted by molar-refractivity contribution is 7.83. The number of hydrogen-bond donors (Lipinski definition) is 0. The van der Waals surface area contributed by atoms with E-state index in [1.165, 1.54) is 0 Å². The van der Waals surface area contributed by atoms with Crippen LogP contribution in [0.25, 0.3) is 10.8 Å². The highest BCUT2D eigenvalue weighted by Crippen LogP contribution is 2.39. The average Bonchev–Trinajstić information content (AvgIpc) is 2.64. The Morgan fingerprint density at radius 2 is 0.821 bits per heavy atom. The van der Waals surface area contributed by atoms with Gasteiger partial charge in [-0.05, 0) is 11.8 Å². The van der Waals surface area contributed by atoms with Gasteiger partial charge in [-0.3, -0.25) is 0 Å². The summed E-state index contributed by atoms with van der Waals surface area (Å²) < 4.78 is 0. The summed E-state index contributed by atoms with van der Waals surface area (Å²) >= 11 is 23.4. The van der Waals surface area contributed by atoms with Gasteiger partial charge in [-0.25, -0.2) is 0 Å². The fourth-order valence-electron chi connectivity index (χ4n) is 4.04. The first-order valence-electron chi connectivity index (χ1n) is 9.54. The van der Waals surface area contributed by atoms with Crippen molar-refractivity contribution in [2.75, 3.05) is 13.1 Å². The van der Waals surface area contributed by atoms with Crippen LogP contribution in [0.2, 0.25) is 0 Å². The summed E-state index contributed by atoms with van der Waals surface area (Å²) in [5.74, 6) is 0.935. The van der Waals surface area contributed by atoms with Gasteiger partial charge in [0.25, 0.3) is 0 Å². The van der Waals surface area contributed by atoms with E-state index in [0.29, 0.717) is 11.8 Å². The zero-order chi connectivity index (χ0) is 20.3. The molecule has 2 nitrogen and oxygen atoms in total. The largest absolute Gasteiger partial charge is 0.322 e. The molecule has 4 rings (SSSR count). The van der Waals surface area contributed by atoms with Gasteiger partial charge < -0.3 is 9.80 Å². The molecule has 2 aliphatic rings. The first kappa shape index (κ1) is 20.0. The van der Waals surface area contributed by atoms with Crippen LogP contribution in [0.1, 0.15) is 49.9 Å². The van der Waals surface area contributed by atoms with E-state index >= 15 is 0 Å². The van der Waals surface area contributed by atoms with Crippen molar-refractivity contribution in [2.45, 2.75) is 27.7 Å². The van der Waals surface area contributed by atoms with Crippen LogP contribution < -0.4 is 0 Å². The molecule has 0 aliphatic carbocycles. The Kier molecular flexibility index (Phi) is 5.11. The molecule has 0 saturated heterocycles. The quantitative estimate of drug-likeness (QED) is 0.574. The number of nitrogens with zero attached hydrogens (tertiary/aromatic N) is 2. The lowest BCUT2D eigenvalue weighted by Gasteiger charge is -2.37. The van der Waals surface area contributed by atoms with Crippen LogP contribution in [0.3, 0.4) is 0 Å². The van der Waals surface area contributed by atoms with Crippen LogP contribution >= 0.6 is 48.9 Å². The molecule has 2 heterocycles. The van der Waals surface area contributed by atoms with Crippen LogP contribution in [0.15, 0.2) is 24.3 Å². The van der Waals surface area contributed by atoms with Gasteiger partial charge in [-0.1, -0.05) is 101 Å². The molecule has 0 atom stereocenters. The molecule has 0 radical (unpaired) electrons. The van der Waals surface area contributed by atoms with Gasteiger partial charge in [-0.2, -0.15) is 0 Å². The fourth-order valence-corrected chi connectivity index (χ4v) is 5.50. The lowest BCUT2D eigenvalue weighted by Crippen LogP contribution is -2.43. The van der Waals surface area contributed by atoms with Gasteiger partial charge in [0.05, 0.1) is 0 Å². The fraction of sp³-hybridized carbons (Fsp3) is 0.364. The summed E-state index contributed by atoms with van der Waals surface area (Å²) in [7, 11) is 0. The van der Waals surface area contributed by atoms with Gasteiger partial charge in [-0.15, -0.1) is 0 Å². The van der Waals surface area contributed by atoms with E-state index in [1.54, 1.807) is 0 Å². The zero-order valence-corrected chi connectivity index (χ0v) is 19.7. The summed E-state index contributed by atoms with van der Waals surface area (Å²) in [6.07, 6.45) is 0. The minimum absolute atomic E-state index is 0.468. The third-order valence-electron chi connectivity index (χ3n) is 5.16. The second-order valence-electron chi connectivity index (χ2n) is 8.30. The predicted octanol–water partition coefficient (Wildman–Crippen LogP) is 5.49. The first-order chi connectivity index (χ1) is 13.2. The maximum absolute atomic E-state index is 5.85. The molecule has 0 N–H and O–H groups in total. The van der Waals surface area contributed by atoms with Gasteiger partial charge in [0.15, 0.2) is 0 Å². The number of hydrogen-bond acceptors (Lipinski definition) is 4. The summed E-state index contributed by atoms with van der Waals surface area (Å²) in [6, 6.07) is 8.43. The molecule has 2 aromatic carbocycles. The Morgan fingerprint density at radius 3 is 1.04 bits per heavy atom. The summed E-state index contributed by atoms with van der Waals surface area (Å²) in [5, 5.41) is 2.22. The van der Waals surface area contributed by atoms with E-state index in [-0.39, 0.29) is 0 Å². The molecule has 0 aromatic heterocycles. The topological polar surface area (TPSA) is 6.48 Å². The van der Waals surface area contributed by atoms with E-state index in [2.05, 4.69) is 61.8 Å². The highest BCUT2D eigenvalue weighted by Gasteiger charge is 2.34. The van der Waals surface area contributed by atoms with E-state index in [4.69, 9.17) is 48.9 Å². The molecule has 0 unspecified atom stereocenters. The second kappa shape index (κ2) is 7.17. The average molecular weight is 443 g/mol. The molecule has 28 heavy (non-hydrogen) atoms. The molecule has 144 valence electrons. The van der Waals surface area contributed by atoms with Gasteiger partial charge >= 0.3 is 0 Å². The van der Waals surface area contributed by atoms with E-state index < -0.39 is 0 Å². The van der Waals surface area contributed by atoms with Crippen molar-refractivity contribution < 1.29 is 0 Å².